The van der Waals surface area contributed by atoms with Crippen LogP contribution >= 0.6 is 0 Å². The third-order valence-electron chi connectivity index (χ3n) is 6.29. The lowest BCUT2D eigenvalue weighted by Gasteiger charge is -2.30. The molecular weight excluding hydrogens is 378 g/mol. The van der Waals surface area contributed by atoms with Crippen molar-refractivity contribution in [2.75, 3.05) is 18.4 Å². The minimum Gasteiger partial charge on any atom is -0.440 e. The molecule has 6 nitrogen and oxygen atoms in total. The zero-order valence-corrected chi connectivity index (χ0v) is 17.0. The fourth-order valence-electron chi connectivity index (χ4n) is 4.20. The fraction of sp³-hybridized carbons (Fsp3) is 0.375. The van der Waals surface area contributed by atoms with Gasteiger partial charge in [0.2, 0.25) is 5.91 Å². The molecule has 0 spiro atoms. The van der Waals surface area contributed by atoms with Crippen LogP contribution in [0, 0.1) is 11.8 Å². The van der Waals surface area contributed by atoms with Crippen molar-refractivity contribution in [3.63, 3.8) is 0 Å². The van der Waals surface area contributed by atoms with Crippen molar-refractivity contribution in [1.82, 2.24) is 9.88 Å². The largest absolute Gasteiger partial charge is 0.440 e. The summed E-state index contributed by atoms with van der Waals surface area (Å²) in [6.45, 7) is 3.44. The van der Waals surface area contributed by atoms with Crippen LogP contribution in [0.1, 0.15) is 48.4 Å². The van der Waals surface area contributed by atoms with Gasteiger partial charge in [0.15, 0.2) is 11.5 Å². The second-order valence-corrected chi connectivity index (χ2v) is 8.47. The summed E-state index contributed by atoms with van der Waals surface area (Å²) in [6, 6.07) is 15.0. The predicted octanol–water partition coefficient (Wildman–Crippen LogP) is 4.44. The number of para-hydroxylation sites is 2. The van der Waals surface area contributed by atoms with Crippen molar-refractivity contribution in [2.24, 2.45) is 11.8 Å². The molecule has 2 unspecified atom stereocenters. The van der Waals surface area contributed by atoms with Gasteiger partial charge in [-0.3, -0.25) is 9.59 Å². The molecule has 2 heterocycles. The molecule has 3 aromatic rings. The van der Waals surface area contributed by atoms with Crippen LogP contribution in [0.15, 0.2) is 52.9 Å². The van der Waals surface area contributed by atoms with Crippen LogP contribution in [0.4, 0.5) is 5.69 Å². The number of hydrogen-bond donors (Lipinski definition) is 1. The van der Waals surface area contributed by atoms with Crippen molar-refractivity contribution in [2.45, 2.75) is 32.1 Å². The van der Waals surface area contributed by atoms with Crippen LogP contribution in [-0.2, 0) is 4.79 Å². The summed E-state index contributed by atoms with van der Waals surface area (Å²) in [5.74, 6) is 1.72. The standard InChI is InChI=1S/C24H25N3O3/c1-15-14-19(15)22(28)25-18-8-6-17(7-9-18)24(29)27-12-10-16(11-13-27)23-26-20-4-2-3-5-21(20)30-23/h2-9,15-16,19H,10-14H2,1H3,(H,25,28). The van der Waals surface area contributed by atoms with Gasteiger partial charge in [0.1, 0.15) is 5.52 Å². The quantitative estimate of drug-likeness (QED) is 0.699. The summed E-state index contributed by atoms with van der Waals surface area (Å²) in [7, 11) is 0. The normalized spacial score (nSPS) is 21.6. The Morgan fingerprint density at radius 2 is 1.77 bits per heavy atom. The molecule has 154 valence electrons. The maximum atomic E-state index is 12.9. The summed E-state index contributed by atoms with van der Waals surface area (Å²) in [5.41, 5.74) is 3.09. The first-order chi connectivity index (χ1) is 14.6. The topological polar surface area (TPSA) is 75.4 Å². The molecule has 1 aliphatic carbocycles. The minimum atomic E-state index is 0.0275. The second-order valence-electron chi connectivity index (χ2n) is 8.47. The van der Waals surface area contributed by atoms with Crippen molar-refractivity contribution in [3.8, 4) is 0 Å². The van der Waals surface area contributed by atoms with E-state index in [2.05, 4.69) is 17.2 Å². The maximum absolute atomic E-state index is 12.9. The van der Waals surface area contributed by atoms with E-state index < -0.39 is 0 Å². The summed E-state index contributed by atoms with van der Waals surface area (Å²) in [5, 5.41) is 2.93. The van der Waals surface area contributed by atoms with Crippen LogP contribution in [0.2, 0.25) is 0 Å². The molecule has 2 amide bonds. The first kappa shape index (κ1) is 18.9. The number of anilines is 1. The maximum Gasteiger partial charge on any atom is 0.253 e. The highest BCUT2D eigenvalue weighted by Crippen LogP contribution is 2.38. The number of nitrogens with one attached hydrogen (secondary N) is 1. The number of amides is 2. The van der Waals surface area contributed by atoms with Gasteiger partial charge in [-0.05, 0) is 61.6 Å². The molecule has 6 heteroatoms. The highest BCUT2D eigenvalue weighted by atomic mass is 16.3. The first-order valence-corrected chi connectivity index (χ1v) is 10.6. The number of aromatic nitrogens is 1. The third kappa shape index (κ3) is 3.70. The van der Waals surface area contributed by atoms with Gasteiger partial charge < -0.3 is 14.6 Å². The van der Waals surface area contributed by atoms with E-state index in [1.54, 1.807) is 12.1 Å². The molecule has 5 rings (SSSR count). The van der Waals surface area contributed by atoms with Gasteiger partial charge in [0.25, 0.3) is 5.91 Å². The molecule has 30 heavy (non-hydrogen) atoms. The molecule has 2 atom stereocenters. The lowest BCUT2D eigenvalue weighted by Crippen LogP contribution is -2.38. The van der Waals surface area contributed by atoms with Crippen molar-refractivity contribution < 1.29 is 14.0 Å². The van der Waals surface area contributed by atoms with Gasteiger partial charge in [0, 0.05) is 36.2 Å². The number of nitrogens with zero attached hydrogens (tertiary/aromatic N) is 2. The molecule has 1 aromatic heterocycles. The van der Waals surface area contributed by atoms with E-state index in [1.165, 1.54) is 0 Å². The van der Waals surface area contributed by atoms with Crippen LogP contribution in [0.5, 0.6) is 0 Å². The number of hydrogen-bond acceptors (Lipinski definition) is 4. The molecule has 1 N–H and O–H groups in total. The van der Waals surface area contributed by atoms with E-state index in [1.807, 2.05) is 41.3 Å². The average Bonchev–Trinajstić information content (AvgIpc) is 3.35. The molecule has 2 aliphatic rings. The smallest absolute Gasteiger partial charge is 0.253 e. The van der Waals surface area contributed by atoms with Gasteiger partial charge in [0.05, 0.1) is 0 Å². The van der Waals surface area contributed by atoms with Crippen LogP contribution in [0.3, 0.4) is 0 Å². The predicted molar refractivity (Wildman–Crippen MR) is 114 cm³/mol. The van der Waals surface area contributed by atoms with Gasteiger partial charge >= 0.3 is 0 Å². The fourth-order valence-corrected chi connectivity index (χ4v) is 4.20. The Bertz CT molecular complexity index is 1050. The Kier molecular flexibility index (Phi) is 4.77. The minimum absolute atomic E-state index is 0.0275. The second kappa shape index (κ2) is 7.59. The van der Waals surface area contributed by atoms with Gasteiger partial charge in [-0.1, -0.05) is 19.1 Å². The van der Waals surface area contributed by atoms with Gasteiger partial charge in [-0.15, -0.1) is 0 Å². The molecule has 0 radical (unpaired) electrons. The van der Waals surface area contributed by atoms with E-state index in [-0.39, 0.29) is 23.7 Å². The molecular formula is C24H25N3O3. The molecule has 2 aromatic carbocycles. The zero-order valence-electron chi connectivity index (χ0n) is 17.0. The lowest BCUT2D eigenvalue weighted by molar-refractivity contribution is -0.117. The lowest BCUT2D eigenvalue weighted by atomic mass is 9.96. The molecule has 1 aliphatic heterocycles. The highest BCUT2D eigenvalue weighted by Gasteiger charge is 2.39. The SMILES string of the molecule is CC1CC1C(=O)Nc1ccc(C(=O)N2CCC(c3nc4ccccc4o3)CC2)cc1. The Balaban J connectivity index is 1.18. The third-order valence-corrected chi connectivity index (χ3v) is 6.29. The number of piperidine rings is 1. The Hall–Kier alpha value is -3.15. The number of rotatable bonds is 4. The number of benzene rings is 2. The summed E-state index contributed by atoms with van der Waals surface area (Å²) >= 11 is 0. The van der Waals surface area contributed by atoms with Gasteiger partial charge in [-0.25, -0.2) is 4.98 Å². The molecule has 2 fully saturated rings. The summed E-state index contributed by atoms with van der Waals surface area (Å²) < 4.78 is 5.91. The zero-order chi connectivity index (χ0) is 20.7. The molecule has 1 saturated heterocycles. The summed E-state index contributed by atoms with van der Waals surface area (Å²) in [4.78, 5) is 31.4. The van der Waals surface area contributed by atoms with Crippen LogP contribution in [0.25, 0.3) is 11.1 Å². The van der Waals surface area contributed by atoms with E-state index in [4.69, 9.17) is 4.42 Å². The van der Waals surface area contributed by atoms with Crippen molar-refractivity contribution in [3.05, 3.63) is 60.0 Å². The first-order valence-electron chi connectivity index (χ1n) is 10.6. The van der Waals surface area contributed by atoms with Crippen LogP contribution < -0.4 is 5.32 Å². The Morgan fingerprint density at radius 1 is 1.07 bits per heavy atom. The van der Waals surface area contributed by atoms with Crippen LogP contribution in [-0.4, -0.2) is 34.8 Å². The van der Waals surface area contributed by atoms with E-state index >= 15 is 0 Å². The van der Waals surface area contributed by atoms with E-state index in [9.17, 15) is 9.59 Å². The van der Waals surface area contributed by atoms with Crippen molar-refractivity contribution in [1.29, 1.82) is 0 Å². The average molecular weight is 403 g/mol. The molecule has 0 bridgehead atoms. The monoisotopic (exact) mass is 403 g/mol. The number of likely N-dealkylation sites (tertiary alicyclic amines) is 1. The Morgan fingerprint density at radius 3 is 2.43 bits per heavy atom. The highest BCUT2D eigenvalue weighted by molar-refractivity contribution is 5.97. The summed E-state index contributed by atoms with van der Waals surface area (Å²) in [6.07, 6.45) is 2.64. The van der Waals surface area contributed by atoms with Crippen molar-refractivity contribution >= 4 is 28.6 Å². The number of carbonyl (C=O) groups excluding carboxylic acids is 2. The van der Waals surface area contributed by atoms with E-state index in [0.717, 1.165) is 41.9 Å². The number of carbonyl (C=O) groups is 2. The number of fused-ring (bicyclic) bond motifs is 1. The number of oxazole rings is 1. The van der Waals surface area contributed by atoms with Gasteiger partial charge in [-0.2, -0.15) is 0 Å². The van der Waals surface area contributed by atoms with E-state index in [0.29, 0.717) is 24.6 Å². The Labute approximate surface area is 175 Å². The molecule has 1 saturated carbocycles.